The number of carbonyl (C=O) groups is 1. The summed E-state index contributed by atoms with van der Waals surface area (Å²) < 4.78 is 34.0. The topological polar surface area (TPSA) is 307 Å². The van der Waals surface area contributed by atoms with Gasteiger partial charge in [-0.25, -0.2) is 0 Å². The van der Waals surface area contributed by atoms with E-state index < -0.39 is 124 Å². The first-order valence-corrected chi connectivity index (χ1v) is 31.3. The molecule has 3 rings (SSSR count). The van der Waals surface area contributed by atoms with Crippen molar-refractivity contribution in [2.75, 3.05) is 26.4 Å². The zero-order valence-corrected chi connectivity index (χ0v) is 50.5. The minimum absolute atomic E-state index is 0.238. The highest BCUT2D eigenvalue weighted by Crippen LogP contribution is 2.33. The predicted octanol–water partition coefficient (Wildman–Crippen LogP) is 6.48. The Morgan fingerprint density at radius 3 is 1.25 bits per heavy atom. The number of nitrogens with one attached hydrogen (secondary N) is 1. The fourth-order valence-corrected chi connectivity index (χ4v) is 9.69. The van der Waals surface area contributed by atoms with Crippen molar-refractivity contribution in [1.82, 2.24) is 5.32 Å². The number of allylic oxidation sites excluding steroid dienone is 20. The van der Waals surface area contributed by atoms with Crippen LogP contribution in [0.15, 0.2) is 122 Å². The number of aliphatic hydroxyl groups excluding tert-OH is 11. The van der Waals surface area contributed by atoms with Crippen molar-refractivity contribution in [3.63, 3.8) is 0 Å². The highest BCUT2D eigenvalue weighted by molar-refractivity contribution is 5.76. The third-order valence-corrected chi connectivity index (χ3v) is 14.8. The van der Waals surface area contributed by atoms with Crippen molar-refractivity contribution in [2.45, 2.75) is 259 Å². The summed E-state index contributed by atoms with van der Waals surface area (Å²) in [7, 11) is 0. The van der Waals surface area contributed by atoms with Crippen LogP contribution in [0.1, 0.15) is 155 Å². The molecule has 17 unspecified atom stereocenters. The van der Waals surface area contributed by atoms with Gasteiger partial charge in [0.05, 0.1) is 38.6 Å². The summed E-state index contributed by atoms with van der Waals surface area (Å²) in [6.45, 7) is 1.43. The van der Waals surface area contributed by atoms with Gasteiger partial charge in [-0.3, -0.25) is 4.79 Å². The number of amides is 1. The van der Waals surface area contributed by atoms with E-state index in [2.05, 4.69) is 134 Å². The second kappa shape index (κ2) is 47.2. The molecule has 0 bridgehead atoms. The molecule has 19 nitrogen and oxygen atoms in total. The van der Waals surface area contributed by atoms with Crippen molar-refractivity contribution < 1.29 is 89.4 Å². The molecule has 3 fully saturated rings. The molecule has 19 heteroatoms. The molecule has 17 atom stereocenters. The Labute approximate surface area is 506 Å². The lowest BCUT2D eigenvalue weighted by atomic mass is 9.96. The van der Waals surface area contributed by atoms with Gasteiger partial charge in [0.15, 0.2) is 18.9 Å². The van der Waals surface area contributed by atoms with Crippen molar-refractivity contribution in [3.05, 3.63) is 122 Å². The van der Waals surface area contributed by atoms with Crippen LogP contribution >= 0.6 is 0 Å². The highest BCUT2D eigenvalue weighted by Gasteiger charge is 2.53. The first-order valence-electron chi connectivity index (χ1n) is 31.3. The van der Waals surface area contributed by atoms with Crippen molar-refractivity contribution in [2.24, 2.45) is 0 Å². The van der Waals surface area contributed by atoms with Crippen LogP contribution in [0.4, 0.5) is 0 Å². The standard InChI is InChI=1S/C66H107NO18/c1-3-5-7-8-9-10-11-12-13-14-15-16-17-18-19-20-21-22-23-24-25-26-27-28-29-30-31-32-33-34-35-36-37-38-39-40-42-44-54(72)67-49(50(71)43-41-6-4-2)48-80-64-60(78)57(75)62(52(46-69)82-64)85-66-61(79)58(76)63(53(47-70)83-66)84-65-59(77)56(74)55(73)51(45-68)81-65/h5,7,9-10,12-13,15-16,18-19,21-22,24-25,27-28,30-31,33-34,49-53,55-66,68-71,73-79H,3-4,6,8,11,14,17,20,23,26,29,32,35-48H2,1-2H3,(H,67,72)/b7-5-,10-9-,13-12-,16-15-,19-18-,22-21-,25-24-,28-27-,31-30-,34-33-. The van der Waals surface area contributed by atoms with Gasteiger partial charge in [0.25, 0.3) is 0 Å². The molecule has 0 radical (unpaired) electrons. The third-order valence-electron chi connectivity index (χ3n) is 14.8. The van der Waals surface area contributed by atoms with E-state index in [4.69, 9.17) is 28.4 Å². The molecule has 484 valence electrons. The summed E-state index contributed by atoms with van der Waals surface area (Å²) >= 11 is 0. The number of ether oxygens (including phenoxy) is 6. The minimum Gasteiger partial charge on any atom is -0.394 e. The molecule has 0 aliphatic carbocycles. The lowest BCUT2D eigenvalue weighted by Gasteiger charge is -2.48. The lowest BCUT2D eigenvalue weighted by Crippen LogP contribution is -2.66. The number of carbonyl (C=O) groups excluding carboxylic acids is 1. The van der Waals surface area contributed by atoms with E-state index in [0.717, 1.165) is 116 Å². The minimum atomic E-state index is -1.98. The monoisotopic (exact) mass is 1200 g/mol. The SMILES string of the molecule is CC/C=C\C/C=C\C/C=C\C/C=C\C/C=C\C/C=C\C/C=C\C/C=C\C/C=C\C/C=C\CCCCCCCCC(=O)NC(COC1OC(CO)C(OC2OC(CO)C(OC3OC(CO)C(O)C(O)C3O)C(O)C2O)C(O)C1O)C(O)CCCCC. The molecule has 3 heterocycles. The fraction of sp³-hybridized carbons (Fsp3) is 0.682. The van der Waals surface area contributed by atoms with Crippen LogP contribution in [0.5, 0.6) is 0 Å². The van der Waals surface area contributed by atoms with Gasteiger partial charge < -0.3 is 89.9 Å². The number of hydrogen-bond acceptors (Lipinski definition) is 18. The summed E-state index contributed by atoms with van der Waals surface area (Å²) in [4.78, 5) is 13.2. The quantitative estimate of drug-likeness (QED) is 0.0229. The number of unbranched alkanes of at least 4 members (excludes halogenated alkanes) is 8. The number of rotatable bonds is 44. The van der Waals surface area contributed by atoms with E-state index in [1.165, 1.54) is 0 Å². The van der Waals surface area contributed by atoms with Crippen LogP contribution in [0.25, 0.3) is 0 Å². The first kappa shape index (κ1) is 75.4. The molecule has 0 aromatic heterocycles. The molecule has 0 aromatic rings. The summed E-state index contributed by atoms with van der Waals surface area (Å²) in [5.74, 6) is -0.277. The largest absolute Gasteiger partial charge is 0.394 e. The van der Waals surface area contributed by atoms with Crippen molar-refractivity contribution in [3.8, 4) is 0 Å². The molecular formula is C66H107NO18. The molecular weight excluding hydrogens is 1090 g/mol. The molecule has 3 saturated heterocycles. The summed E-state index contributed by atoms with van der Waals surface area (Å²) in [5, 5.41) is 119. The van der Waals surface area contributed by atoms with Gasteiger partial charge in [0.1, 0.15) is 73.2 Å². The molecule has 1 amide bonds. The molecule has 3 aliphatic heterocycles. The summed E-state index contributed by atoms with van der Waals surface area (Å²) in [6, 6.07) is -0.899. The van der Waals surface area contributed by atoms with Crippen LogP contribution in [0, 0.1) is 0 Å². The summed E-state index contributed by atoms with van der Waals surface area (Å²) in [5.41, 5.74) is 0. The maximum Gasteiger partial charge on any atom is 0.220 e. The second-order valence-electron chi connectivity index (χ2n) is 21.8. The Hall–Kier alpha value is -3.81. The van der Waals surface area contributed by atoms with E-state index in [1.54, 1.807) is 0 Å². The number of aliphatic hydroxyl groups is 11. The van der Waals surface area contributed by atoms with Gasteiger partial charge in [-0.15, -0.1) is 0 Å². The Morgan fingerprint density at radius 2 is 0.812 bits per heavy atom. The fourth-order valence-electron chi connectivity index (χ4n) is 9.69. The molecule has 0 aromatic carbocycles. The van der Waals surface area contributed by atoms with Gasteiger partial charge in [-0.2, -0.15) is 0 Å². The van der Waals surface area contributed by atoms with Crippen LogP contribution in [0.2, 0.25) is 0 Å². The van der Waals surface area contributed by atoms with Crippen LogP contribution in [-0.4, -0.2) is 193 Å². The van der Waals surface area contributed by atoms with Gasteiger partial charge in [-0.05, 0) is 89.9 Å². The second-order valence-corrected chi connectivity index (χ2v) is 21.8. The Kier molecular flexibility index (Phi) is 41.9. The van der Waals surface area contributed by atoms with Crippen LogP contribution < -0.4 is 5.32 Å². The van der Waals surface area contributed by atoms with Gasteiger partial charge in [0.2, 0.25) is 5.91 Å². The van der Waals surface area contributed by atoms with E-state index in [9.17, 15) is 61.0 Å². The maximum atomic E-state index is 13.2. The lowest BCUT2D eigenvalue weighted by molar-refractivity contribution is -0.379. The van der Waals surface area contributed by atoms with Crippen LogP contribution in [-0.2, 0) is 33.2 Å². The molecule has 0 saturated carbocycles. The maximum absolute atomic E-state index is 13.2. The zero-order chi connectivity index (χ0) is 61.9. The average Bonchev–Trinajstić information content (AvgIpc) is 3.44. The van der Waals surface area contributed by atoms with E-state index in [1.807, 2.05) is 6.92 Å². The summed E-state index contributed by atoms with van der Waals surface area (Å²) in [6.07, 6.45) is 37.2. The smallest absolute Gasteiger partial charge is 0.220 e. The highest BCUT2D eigenvalue weighted by atomic mass is 16.8. The van der Waals surface area contributed by atoms with Gasteiger partial charge in [-0.1, -0.05) is 180 Å². The Morgan fingerprint density at radius 1 is 0.435 bits per heavy atom. The number of hydrogen-bond donors (Lipinski definition) is 12. The molecule has 0 spiro atoms. The van der Waals surface area contributed by atoms with Gasteiger partial charge >= 0.3 is 0 Å². The Bertz CT molecular complexity index is 2020. The van der Waals surface area contributed by atoms with E-state index in [-0.39, 0.29) is 18.9 Å². The van der Waals surface area contributed by atoms with E-state index >= 15 is 0 Å². The Balaban J connectivity index is 1.28. The van der Waals surface area contributed by atoms with Crippen molar-refractivity contribution >= 4 is 5.91 Å². The third kappa shape index (κ3) is 30.3. The molecule has 12 N–H and O–H groups in total. The van der Waals surface area contributed by atoms with Gasteiger partial charge in [0, 0.05) is 6.42 Å². The van der Waals surface area contributed by atoms with Crippen LogP contribution in [0.3, 0.4) is 0 Å². The predicted molar refractivity (Wildman–Crippen MR) is 327 cm³/mol. The normalized spacial score (nSPS) is 29.8. The van der Waals surface area contributed by atoms with E-state index in [0.29, 0.717) is 19.3 Å². The first-order chi connectivity index (χ1) is 41.3. The zero-order valence-electron chi connectivity index (χ0n) is 50.5. The molecule has 85 heavy (non-hydrogen) atoms. The molecule has 3 aliphatic rings. The average molecular weight is 1200 g/mol. The van der Waals surface area contributed by atoms with Crippen molar-refractivity contribution in [1.29, 1.82) is 0 Å².